The molecule has 0 aliphatic heterocycles. The van der Waals surface area contributed by atoms with Crippen LogP contribution in [-0.2, 0) is 4.74 Å². The smallest absolute Gasteiger partial charge is 0.0471 e. The Balaban J connectivity index is 2.32. The summed E-state index contributed by atoms with van der Waals surface area (Å²) < 4.78 is 5.71. The zero-order chi connectivity index (χ0) is 13.3. The SMILES string of the molecule is CCCOCCC1(CNCC(C)C)CCCCC1. The molecular formula is C16H33NO. The standard InChI is InChI=1S/C16H33NO/c1-4-11-18-12-10-16(8-6-5-7-9-16)14-17-13-15(2)3/h15,17H,4-14H2,1-3H3. The molecule has 1 rings (SSSR count). The van der Waals surface area contributed by atoms with Gasteiger partial charge in [0.05, 0.1) is 0 Å². The number of nitrogens with one attached hydrogen (secondary N) is 1. The highest BCUT2D eigenvalue weighted by Gasteiger charge is 2.31. The van der Waals surface area contributed by atoms with Crippen LogP contribution < -0.4 is 5.32 Å². The molecule has 0 spiro atoms. The Morgan fingerprint density at radius 3 is 2.44 bits per heavy atom. The van der Waals surface area contributed by atoms with Gasteiger partial charge in [-0.2, -0.15) is 0 Å². The monoisotopic (exact) mass is 255 g/mol. The summed E-state index contributed by atoms with van der Waals surface area (Å²) in [5.74, 6) is 0.752. The summed E-state index contributed by atoms with van der Waals surface area (Å²) in [4.78, 5) is 0. The van der Waals surface area contributed by atoms with Crippen molar-refractivity contribution in [2.75, 3.05) is 26.3 Å². The average Bonchev–Trinajstić information content (AvgIpc) is 2.36. The van der Waals surface area contributed by atoms with Crippen molar-refractivity contribution in [2.24, 2.45) is 11.3 Å². The highest BCUT2D eigenvalue weighted by atomic mass is 16.5. The van der Waals surface area contributed by atoms with Crippen molar-refractivity contribution in [3.05, 3.63) is 0 Å². The Morgan fingerprint density at radius 1 is 1.11 bits per heavy atom. The topological polar surface area (TPSA) is 21.3 Å². The predicted molar refractivity (Wildman–Crippen MR) is 79.0 cm³/mol. The fourth-order valence-corrected chi connectivity index (χ4v) is 2.98. The molecule has 0 unspecified atom stereocenters. The Bertz CT molecular complexity index is 197. The maximum absolute atomic E-state index is 5.71. The van der Waals surface area contributed by atoms with E-state index in [2.05, 4.69) is 26.1 Å². The summed E-state index contributed by atoms with van der Waals surface area (Å²) >= 11 is 0. The molecule has 0 bridgehead atoms. The Labute approximate surface area is 114 Å². The van der Waals surface area contributed by atoms with Crippen molar-refractivity contribution in [1.29, 1.82) is 0 Å². The van der Waals surface area contributed by atoms with Gasteiger partial charge >= 0.3 is 0 Å². The lowest BCUT2D eigenvalue weighted by Gasteiger charge is -2.38. The first-order chi connectivity index (χ1) is 8.68. The second kappa shape index (κ2) is 8.92. The molecule has 1 aliphatic rings. The third-order valence-corrected chi connectivity index (χ3v) is 4.09. The van der Waals surface area contributed by atoms with Crippen molar-refractivity contribution in [3.63, 3.8) is 0 Å². The molecule has 18 heavy (non-hydrogen) atoms. The molecule has 0 heterocycles. The lowest BCUT2D eigenvalue weighted by Crippen LogP contribution is -2.38. The fourth-order valence-electron chi connectivity index (χ4n) is 2.98. The van der Waals surface area contributed by atoms with Crippen LogP contribution in [0.3, 0.4) is 0 Å². The molecule has 108 valence electrons. The molecule has 0 atom stereocenters. The molecule has 0 aromatic carbocycles. The van der Waals surface area contributed by atoms with Crippen LogP contribution in [0.15, 0.2) is 0 Å². The van der Waals surface area contributed by atoms with E-state index in [9.17, 15) is 0 Å². The van der Waals surface area contributed by atoms with E-state index in [0.717, 1.165) is 32.1 Å². The van der Waals surface area contributed by atoms with Crippen molar-refractivity contribution < 1.29 is 4.74 Å². The molecule has 0 aromatic heterocycles. The number of ether oxygens (including phenoxy) is 1. The van der Waals surface area contributed by atoms with E-state index in [1.807, 2.05) is 0 Å². The van der Waals surface area contributed by atoms with Crippen molar-refractivity contribution in [1.82, 2.24) is 5.32 Å². The summed E-state index contributed by atoms with van der Waals surface area (Å²) in [6, 6.07) is 0. The van der Waals surface area contributed by atoms with Gasteiger partial charge in [-0.05, 0) is 43.6 Å². The van der Waals surface area contributed by atoms with Gasteiger partial charge in [0.2, 0.25) is 0 Å². The molecule has 1 aliphatic carbocycles. The molecule has 0 aromatic rings. The zero-order valence-corrected chi connectivity index (χ0v) is 12.8. The van der Waals surface area contributed by atoms with Crippen LogP contribution in [0.5, 0.6) is 0 Å². The molecule has 0 radical (unpaired) electrons. The van der Waals surface area contributed by atoms with Crippen molar-refractivity contribution in [2.45, 2.75) is 65.7 Å². The predicted octanol–water partition coefficient (Wildman–Crippen LogP) is 4.00. The highest BCUT2D eigenvalue weighted by Crippen LogP contribution is 2.38. The van der Waals surface area contributed by atoms with E-state index in [-0.39, 0.29) is 0 Å². The molecule has 0 amide bonds. The minimum Gasteiger partial charge on any atom is -0.381 e. The minimum atomic E-state index is 0.529. The molecule has 2 heteroatoms. The first kappa shape index (κ1) is 16.0. The van der Waals surface area contributed by atoms with Gasteiger partial charge in [0, 0.05) is 19.8 Å². The number of hydrogen-bond donors (Lipinski definition) is 1. The van der Waals surface area contributed by atoms with Crippen molar-refractivity contribution in [3.8, 4) is 0 Å². The van der Waals surface area contributed by atoms with Crippen LogP contribution in [0.1, 0.15) is 65.7 Å². The van der Waals surface area contributed by atoms with Crippen LogP contribution in [-0.4, -0.2) is 26.3 Å². The summed E-state index contributed by atoms with van der Waals surface area (Å²) in [5.41, 5.74) is 0.529. The van der Waals surface area contributed by atoms with Gasteiger partial charge in [0.1, 0.15) is 0 Å². The maximum atomic E-state index is 5.71. The van der Waals surface area contributed by atoms with Crippen LogP contribution >= 0.6 is 0 Å². The van der Waals surface area contributed by atoms with Gasteiger partial charge in [-0.25, -0.2) is 0 Å². The first-order valence-electron chi connectivity index (χ1n) is 7.97. The van der Waals surface area contributed by atoms with E-state index in [0.29, 0.717) is 5.41 Å². The molecule has 1 N–H and O–H groups in total. The fraction of sp³-hybridized carbons (Fsp3) is 1.00. The summed E-state index contributed by atoms with van der Waals surface area (Å²) in [6.45, 7) is 11.0. The van der Waals surface area contributed by atoms with Gasteiger partial charge in [0.25, 0.3) is 0 Å². The van der Waals surface area contributed by atoms with Crippen LogP contribution in [0.25, 0.3) is 0 Å². The first-order valence-corrected chi connectivity index (χ1v) is 7.97. The molecule has 0 saturated heterocycles. The minimum absolute atomic E-state index is 0.529. The van der Waals surface area contributed by atoms with Gasteiger partial charge in [-0.15, -0.1) is 0 Å². The summed E-state index contributed by atoms with van der Waals surface area (Å²) in [5, 5.41) is 3.68. The largest absolute Gasteiger partial charge is 0.381 e. The van der Waals surface area contributed by atoms with Gasteiger partial charge < -0.3 is 10.1 Å². The molecule has 1 saturated carbocycles. The highest BCUT2D eigenvalue weighted by molar-refractivity contribution is 4.85. The summed E-state index contributed by atoms with van der Waals surface area (Å²) in [7, 11) is 0. The average molecular weight is 255 g/mol. The Kier molecular flexibility index (Phi) is 7.92. The number of hydrogen-bond acceptors (Lipinski definition) is 2. The van der Waals surface area contributed by atoms with E-state index >= 15 is 0 Å². The third-order valence-electron chi connectivity index (χ3n) is 4.09. The summed E-state index contributed by atoms with van der Waals surface area (Å²) in [6.07, 6.45) is 9.44. The Morgan fingerprint density at radius 2 is 1.83 bits per heavy atom. The molecule has 2 nitrogen and oxygen atoms in total. The van der Waals surface area contributed by atoms with Crippen LogP contribution in [0.2, 0.25) is 0 Å². The molecule has 1 fully saturated rings. The van der Waals surface area contributed by atoms with Crippen LogP contribution in [0.4, 0.5) is 0 Å². The third kappa shape index (κ3) is 6.19. The van der Waals surface area contributed by atoms with Gasteiger partial charge in [-0.1, -0.05) is 40.0 Å². The van der Waals surface area contributed by atoms with E-state index in [1.165, 1.54) is 45.1 Å². The second-order valence-corrected chi connectivity index (χ2v) is 6.45. The van der Waals surface area contributed by atoms with Crippen molar-refractivity contribution >= 4 is 0 Å². The lowest BCUT2D eigenvalue weighted by molar-refractivity contribution is 0.0728. The van der Waals surface area contributed by atoms with E-state index in [1.54, 1.807) is 0 Å². The maximum Gasteiger partial charge on any atom is 0.0471 e. The van der Waals surface area contributed by atoms with E-state index < -0.39 is 0 Å². The van der Waals surface area contributed by atoms with E-state index in [4.69, 9.17) is 4.74 Å². The quantitative estimate of drug-likeness (QED) is 0.629. The molecular weight excluding hydrogens is 222 g/mol. The second-order valence-electron chi connectivity index (χ2n) is 6.45. The zero-order valence-electron chi connectivity index (χ0n) is 12.8. The van der Waals surface area contributed by atoms with Crippen LogP contribution in [0, 0.1) is 11.3 Å². The lowest BCUT2D eigenvalue weighted by atomic mass is 9.72. The van der Waals surface area contributed by atoms with Gasteiger partial charge in [0.15, 0.2) is 0 Å². The van der Waals surface area contributed by atoms with Gasteiger partial charge in [-0.3, -0.25) is 0 Å². The Hall–Kier alpha value is -0.0800. The number of rotatable bonds is 9. The normalized spacial score (nSPS) is 19.3.